The highest BCUT2D eigenvalue weighted by Gasteiger charge is 2.32. The minimum absolute atomic E-state index is 0.0322. The lowest BCUT2D eigenvalue weighted by Crippen LogP contribution is -2.56. The Bertz CT molecular complexity index is 2310. The zero-order valence-corrected chi connectivity index (χ0v) is 38.1. The molecule has 2 unspecified atom stereocenters. The van der Waals surface area contributed by atoms with E-state index in [9.17, 15) is 5.11 Å². The standard InChI is InChI=1S/C48H65ClN12O/c1-10-13-40(33(6)51-11-2)44-41-14-12-15-43(45(41)57(9)56-44)58-20-18-35(19-21-58)28-59-22-23-60(29-39(59)30-62)48-53-27-42(49)46(55-48)54-38-25-37-24-36(17-16-32(5)50-8)34(7)61(31(3)4)47(37)52-26-38/h11-12,14-15,24-27,31,35,39-40,50-51,62H,2,5-7,10,13,16-23,28-30H2,1,3-4,8-9H3,(H,53,54,55). The van der Waals surface area contributed by atoms with Gasteiger partial charge in [0.15, 0.2) is 5.82 Å². The number of piperazine rings is 1. The van der Waals surface area contributed by atoms with Crippen LogP contribution in [0.4, 0.5) is 29.0 Å². The number of allylic oxidation sites excluding steroid dienone is 3. The van der Waals surface area contributed by atoms with E-state index >= 15 is 0 Å². The molecule has 7 rings (SSSR count). The number of aryl methyl sites for hydroxylation is 1. The number of anilines is 5. The molecule has 13 nitrogen and oxygen atoms in total. The van der Waals surface area contributed by atoms with Crippen LogP contribution in [0, 0.1) is 5.92 Å². The highest BCUT2D eigenvalue weighted by atomic mass is 35.5. The van der Waals surface area contributed by atoms with Crippen LogP contribution in [0.3, 0.4) is 0 Å². The Hall–Kier alpha value is -5.37. The van der Waals surface area contributed by atoms with Gasteiger partial charge < -0.3 is 35.8 Å². The van der Waals surface area contributed by atoms with Gasteiger partial charge in [0, 0.05) is 93.4 Å². The lowest BCUT2D eigenvalue weighted by Gasteiger charge is -2.43. The molecular formula is C48H65ClN12O. The molecule has 4 N–H and O–H groups in total. The largest absolute Gasteiger partial charge is 0.395 e. The molecule has 3 aromatic heterocycles. The zero-order valence-electron chi connectivity index (χ0n) is 37.3. The van der Waals surface area contributed by atoms with Crippen LogP contribution >= 0.6 is 11.6 Å². The molecule has 3 aliphatic rings. The first-order chi connectivity index (χ1) is 29.9. The smallest absolute Gasteiger partial charge is 0.227 e. The fraction of sp³-hybridized carbons (Fsp3) is 0.458. The Morgan fingerprint density at radius 3 is 2.58 bits per heavy atom. The topological polar surface area (TPSA) is 126 Å². The number of rotatable bonds is 18. The van der Waals surface area contributed by atoms with E-state index < -0.39 is 0 Å². The van der Waals surface area contributed by atoms with Crippen molar-refractivity contribution in [3.05, 3.63) is 108 Å². The van der Waals surface area contributed by atoms with Crippen molar-refractivity contribution >= 4 is 57.5 Å². The SMILES string of the molecule is C=CNC(=C)C(CCC)c1nn(C)c2c(N3CCC(CN4CCN(c5ncc(Cl)c(Nc6cnc7c(c6)C=C(CCC(=C)NC)C(=C)N7C(C)C)n5)CC4CO)CC3)cccc12. The number of aromatic nitrogens is 5. The highest BCUT2D eigenvalue weighted by molar-refractivity contribution is 6.32. The van der Waals surface area contributed by atoms with Gasteiger partial charge in [0.05, 0.1) is 47.6 Å². The van der Waals surface area contributed by atoms with Crippen LogP contribution in [0.5, 0.6) is 0 Å². The molecule has 0 saturated carbocycles. The summed E-state index contributed by atoms with van der Waals surface area (Å²) in [6, 6.07) is 8.83. The van der Waals surface area contributed by atoms with Crippen LogP contribution in [0.1, 0.15) is 76.5 Å². The summed E-state index contributed by atoms with van der Waals surface area (Å²) in [4.78, 5) is 23.8. The fourth-order valence-electron chi connectivity index (χ4n) is 9.35. The third-order valence-electron chi connectivity index (χ3n) is 12.7. The predicted molar refractivity (Wildman–Crippen MR) is 257 cm³/mol. The first-order valence-electron chi connectivity index (χ1n) is 22.1. The molecule has 2 fully saturated rings. The minimum atomic E-state index is -0.0322. The number of halogens is 1. The molecule has 14 heteroatoms. The van der Waals surface area contributed by atoms with Crippen molar-refractivity contribution in [3.63, 3.8) is 0 Å². The molecule has 0 spiro atoms. The molecule has 1 aromatic carbocycles. The van der Waals surface area contributed by atoms with Gasteiger partial charge in [-0.05, 0) is 81.9 Å². The van der Waals surface area contributed by atoms with Crippen LogP contribution in [-0.4, -0.2) is 99.7 Å². The summed E-state index contributed by atoms with van der Waals surface area (Å²) in [5.41, 5.74) is 9.28. The average Bonchev–Trinajstić information content (AvgIpc) is 3.61. The summed E-state index contributed by atoms with van der Waals surface area (Å²) in [5.74, 6) is 2.61. The van der Waals surface area contributed by atoms with E-state index in [1.807, 2.05) is 17.9 Å². The van der Waals surface area contributed by atoms with Crippen molar-refractivity contribution in [2.75, 3.05) is 72.9 Å². The summed E-state index contributed by atoms with van der Waals surface area (Å²) in [5, 5.41) is 27.1. The molecule has 4 aromatic rings. The van der Waals surface area contributed by atoms with E-state index in [1.165, 1.54) is 16.6 Å². The summed E-state index contributed by atoms with van der Waals surface area (Å²) < 4.78 is 2.05. The van der Waals surface area contributed by atoms with Gasteiger partial charge in [0.1, 0.15) is 10.8 Å². The van der Waals surface area contributed by atoms with Gasteiger partial charge in [-0.1, -0.05) is 63.4 Å². The zero-order chi connectivity index (χ0) is 44.1. The highest BCUT2D eigenvalue weighted by Crippen LogP contribution is 2.39. The number of pyridine rings is 1. The number of hydrogen-bond donors (Lipinski definition) is 4. The third-order valence-corrected chi connectivity index (χ3v) is 13.0. The maximum Gasteiger partial charge on any atom is 0.227 e. The second-order valence-corrected chi connectivity index (χ2v) is 17.6. The van der Waals surface area contributed by atoms with Crippen molar-refractivity contribution in [3.8, 4) is 0 Å². The molecule has 0 bridgehead atoms. The van der Waals surface area contributed by atoms with Crippen LogP contribution in [0.25, 0.3) is 17.0 Å². The Morgan fingerprint density at radius 2 is 1.87 bits per heavy atom. The molecule has 3 aliphatic heterocycles. The number of aliphatic hydroxyl groups excluding tert-OH is 1. The van der Waals surface area contributed by atoms with Gasteiger partial charge in [-0.25, -0.2) is 9.97 Å². The van der Waals surface area contributed by atoms with Gasteiger partial charge in [0.25, 0.3) is 0 Å². The maximum atomic E-state index is 10.7. The normalized spacial score (nSPS) is 17.9. The molecule has 6 heterocycles. The van der Waals surface area contributed by atoms with Crippen molar-refractivity contribution in [1.82, 2.24) is 40.3 Å². The summed E-state index contributed by atoms with van der Waals surface area (Å²) in [7, 11) is 3.95. The number of hydrogen-bond acceptors (Lipinski definition) is 12. The number of aliphatic hydroxyl groups is 1. The number of para-hydroxylation sites is 1. The van der Waals surface area contributed by atoms with Gasteiger partial charge >= 0.3 is 0 Å². The Balaban J connectivity index is 0.987. The van der Waals surface area contributed by atoms with E-state index in [0.717, 1.165) is 117 Å². The van der Waals surface area contributed by atoms with E-state index in [4.69, 9.17) is 26.7 Å². The summed E-state index contributed by atoms with van der Waals surface area (Å²) >= 11 is 6.70. The number of fused-ring (bicyclic) bond motifs is 2. The molecule has 2 saturated heterocycles. The van der Waals surface area contributed by atoms with Crippen molar-refractivity contribution < 1.29 is 5.11 Å². The summed E-state index contributed by atoms with van der Waals surface area (Å²) in [6.07, 6.45) is 13.1. The Labute approximate surface area is 372 Å². The van der Waals surface area contributed by atoms with E-state index in [2.05, 4.69) is 125 Å². The van der Waals surface area contributed by atoms with Crippen LogP contribution < -0.4 is 30.7 Å². The lowest BCUT2D eigenvalue weighted by atomic mass is 9.93. The monoisotopic (exact) mass is 861 g/mol. The molecule has 0 amide bonds. The third kappa shape index (κ3) is 9.50. The van der Waals surface area contributed by atoms with Gasteiger partial charge in [-0.15, -0.1) is 0 Å². The van der Waals surface area contributed by atoms with E-state index in [-0.39, 0.29) is 24.6 Å². The van der Waals surface area contributed by atoms with Gasteiger partial charge in [-0.2, -0.15) is 10.1 Å². The van der Waals surface area contributed by atoms with Crippen molar-refractivity contribution in [2.24, 2.45) is 13.0 Å². The number of nitrogens with zero attached hydrogens (tertiary/aromatic N) is 9. The number of benzene rings is 1. The summed E-state index contributed by atoms with van der Waals surface area (Å²) in [6.45, 7) is 28.3. The quantitative estimate of drug-likeness (QED) is 0.0769. The minimum Gasteiger partial charge on any atom is -0.395 e. The molecule has 2 atom stereocenters. The number of nitrogens with one attached hydrogen (secondary N) is 3. The Morgan fingerprint density at radius 1 is 1.08 bits per heavy atom. The second kappa shape index (κ2) is 19.8. The molecule has 62 heavy (non-hydrogen) atoms. The van der Waals surface area contributed by atoms with Crippen LogP contribution in [0.15, 0.2) is 91.8 Å². The second-order valence-electron chi connectivity index (χ2n) is 17.2. The first kappa shape index (κ1) is 44.7. The van der Waals surface area contributed by atoms with E-state index in [1.54, 1.807) is 12.4 Å². The van der Waals surface area contributed by atoms with Crippen LogP contribution in [-0.2, 0) is 7.05 Å². The van der Waals surface area contributed by atoms with Gasteiger partial charge in [0.2, 0.25) is 5.95 Å². The first-order valence-corrected chi connectivity index (χ1v) is 22.5. The predicted octanol–water partition coefficient (Wildman–Crippen LogP) is 8.32. The maximum absolute atomic E-state index is 10.7. The molecule has 0 radical (unpaired) electrons. The van der Waals surface area contributed by atoms with Crippen molar-refractivity contribution in [2.45, 2.75) is 77.3 Å². The fourth-order valence-corrected chi connectivity index (χ4v) is 9.49. The molecular weight excluding hydrogens is 796 g/mol. The van der Waals surface area contributed by atoms with Crippen LogP contribution in [0.2, 0.25) is 5.02 Å². The molecule has 0 aliphatic carbocycles. The number of piperidine rings is 1. The molecule has 330 valence electrons. The Kier molecular flexibility index (Phi) is 14.2. The van der Waals surface area contributed by atoms with Gasteiger partial charge in [-0.3, -0.25) is 9.58 Å². The van der Waals surface area contributed by atoms with Crippen molar-refractivity contribution in [1.29, 1.82) is 0 Å². The average molecular weight is 862 g/mol. The lowest BCUT2D eigenvalue weighted by molar-refractivity contribution is 0.0904. The van der Waals surface area contributed by atoms with E-state index in [0.29, 0.717) is 29.3 Å².